The van der Waals surface area contributed by atoms with E-state index in [1.54, 1.807) is 29.2 Å². The first-order chi connectivity index (χ1) is 15.3. The van der Waals surface area contributed by atoms with Gasteiger partial charge in [0.15, 0.2) is 0 Å². The minimum absolute atomic E-state index is 0.0371. The molecule has 1 heterocycles. The molecule has 0 N–H and O–H groups in total. The number of rotatable bonds is 7. The molecular formula is C23H26ClN3O5. The lowest BCUT2D eigenvalue weighted by atomic mass is 9.94. The molecular weight excluding hydrogens is 434 g/mol. The molecule has 1 aliphatic rings. The van der Waals surface area contributed by atoms with E-state index in [0.717, 1.165) is 0 Å². The highest BCUT2D eigenvalue weighted by Gasteiger charge is 2.29. The predicted octanol–water partition coefficient (Wildman–Crippen LogP) is 4.76. The SMILES string of the molecule is CCN(CC)C(=O)C1CCN(C(=O)c2ccc(Oc3ccc(Cl)cc3[N+](=O)[O-])cc2)CC1. The molecule has 1 fully saturated rings. The number of amides is 2. The number of hydrogen-bond donors (Lipinski definition) is 0. The van der Waals surface area contributed by atoms with Crippen LogP contribution in [-0.2, 0) is 4.79 Å². The van der Waals surface area contributed by atoms with Crippen molar-refractivity contribution in [3.63, 3.8) is 0 Å². The molecule has 0 unspecified atom stereocenters. The van der Waals surface area contributed by atoms with Crippen LogP contribution >= 0.6 is 11.6 Å². The molecule has 2 amide bonds. The van der Waals surface area contributed by atoms with Crippen LogP contribution < -0.4 is 4.74 Å². The van der Waals surface area contributed by atoms with Crippen molar-refractivity contribution in [3.05, 3.63) is 63.2 Å². The third kappa shape index (κ3) is 5.37. The number of nitrogens with zero attached hydrogens (tertiary/aromatic N) is 3. The third-order valence-corrected chi connectivity index (χ3v) is 5.89. The second-order valence-electron chi connectivity index (χ2n) is 7.57. The predicted molar refractivity (Wildman–Crippen MR) is 121 cm³/mol. The van der Waals surface area contributed by atoms with E-state index in [4.69, 9.17) is 16.3 Å². The zero-order chi connectivity index (χ0) is 23.3. The van der Waals surface area contributed by atoms with E-state index in [9.17, 15) is 19.7 Å². The topological polar surface area (TPSA) is 93.0 Å². The van der Waals surface area contributed by atoms with Gasteiger partial charge in [-0.2, -0.15) is 0 Å². The smallest absolute Gasteiger partial charge is 0.313 e. The zero-order valence-corrected chi connectivity index (χ0v) is 18.9. The van der Waals surface area contributed by atoms with Crippen molar-refractivity contribution < 1.29 is 19.2 Å². The number of carbonyl (C=O) groups is 2. The van der Waals surface area contributed by atoms with E-state index in [1.165, 1.54) is 18.2 Å². The van der Waals surface area contributed by atoms with Crippen LogP contribution in [0.15, 0.2) is 42.5 Å². The molecule has 1 saturated heterocycles. The van der Waals surface area contributed by atoms with Crippen LogP contribution in [-0.4, -0.2) is 52.7 Å². The zero-order valence-electron chi connectivity index (χ0n) is 18.1. The van der Waals surface area contributed by atoms with Gasteiger partial charge in [0.05, 0.1) is 4.92 Å². The van der Waals surface area contributed by atoms with Gasteiger partial charge in [0.2, 0.25) is 11.7 Å². The Bertz CT molecular complexity index is 984. The Morgan fingerprint density at radius 3 is 2.31 bits per heavy atom. The van der Waals surface area contributed by atoms with Crippen LogP contribution in [0.2, 0.25) is 5.02 Å². The second kappa shape index (κ2) is 10.5. The van der Waals surface area contributed by atoms with E-state index in [1.807, 2.05) is 18.7 Å². The molecule has 2 aromatic carbocycles. The monoisotopic (exact) mass is 459 g/mol. The lowest BCUT2D eigenvalue weighted by molar-refractivity contribution is -0.385. The average molecular weight is 460 g/mol. The van der Waals surface area contributed by atoms with E-state index in [0.29, 0.717) is 50.3 Å². The molecule has 1 aliphatic heterocycles. The van der Waals surface area contributed by atoms with Crippen molar-refractivity contribution in [2.75, 3.05) is 26.2 Å². The number of likely N-dealkylation sites (tertiary alicyclic amines) is 1. The number of nitro benzene ring substituents is 1. The van der Waals surface area contributed by atoms with Crippen LogP contribution in [0.3, 0.4) is 0 Å². The molecule has 32 heavy (non-hydrogen) atoms. The Hall–Kier alpha value is -3.13. The minimum atomic E-state index is -0.562. The molecule has 0 radical (unpaired) electrons. The summed E-state index contributed by atoms with van der Waals surface area (Å²) < 4.78 is 5.62. The summed E-state index contributed by atoms with van der Waals surface area (Å²) in [6.07, 6.45) is 1.31. The largest absolute Gasteiger partial charge is 0.450 e. The Balaban J connectivity index is 1.62. The fraction of sp³-hybridized carbons (Fsp3) is 0.391. The summed E-state index contributed by atoms with van der Waals surface area (Å²) >= 11 is 5.83. The highest BCUT2D eigenvalue weighted by Crippen LogP contribution is 2.33. The van der Waals surface area contributed by atoms with Gasteiger partial charge in [-0.15, -0.1) is 0 Å². The Labute approximate surface area is 191 Å². The van der Waals surface area contributed by atoms with Gasteiger partial charge >= 0.3 is 5.69 Å². The quantitative estimate of drug-likeness (QED) is 0.439. The van der Waals surface area contributed by atoms with E-state index in [-0.39, 0.29) is 34.2 Å². The first-order valence-corrected chi connectivity index (χ1v) is 11.0. The van der Waals surface area contributed by atoms with Crippen LogP contribution in [0, 0.1) is 16.0 Å². The second-order valence-corrected chi connectivity index (χ2v) is 8.01. The maximum atomic E-state index is 12.9. The maximum Gasteiger partial charge on any atom is 0.313 e. The standard InChI is InChI=1S/C23H26ClN3O5/c1-3-25(4-2)22(28)17-11-13-26(14-12-17)23(29)16-5-8-19(9-6-16)32-21-10-7-18(24)15-20(21)27(30)31/h5-10,15,17H,3-4,11-14H2,1-2H3. The molecule has 0 aromatic heterocycles. The van der Waals surface area contributed by atoms with Crippen molar-refractivity contribution in [1.29, 1.82) is 0 Å². The van der Waals surface area contributed by atoms with Crippen LogP contribution in [0.5, 0.6) is 11.5 Å². The van der Waals surface area contributed by atoms with Gasteiger partial charge in [0, 0.05) is 48.7 Å². The molecule has 2 aromatic rings. The fourth-order valence-electron chi connectivity index (χ4n) is 3.82. The summed E-state index contributed by atoms with van der Waals surface area (Å²) in [4.78, 5) is 39.6. The van der Waals surface area contributed by atoms with E-state index in [2.05, 4.69) is 0 Å². The maximum absolute atomic E-state index is 12.9. The molecule has 3 rings (SSSR count). The minimum Gasteiger partial charge on any atom is -0.450 e. The van der Waals surface area contributed by atoms with Crippen molar-refractivity contribution >= 4 is 29.1 Å². The summed E-state index contributed by atoms with van der Waals surface area (Å²) in [5.74, 6) is 0.460. The first-order valence-electron chi connectivity index (χ1n) is 10.6. The molecule has 0 aliphatic carbocycles. The molecule has 0 saturated carbocycles. The normalized spacial score (nSPS) is 14.2. The number of ether oxygens (including phenoxy) is 1. The lowest BCUT2D eigenvalue weighted by Crippen LogP contribution is -2.44. The summed E-state index contributed by atoms with van der Waals surface area (Å²) in [6.45, 7) is 6.40. The van der Waals surface area contributed by atoms with Gasteiger partial charge in [-0.3, -0.25) is 19.7 Å². The molecule has 0 atom stereocenters. The van der Waals surface area contributed by atoms with E-state index >= 15 is 0 Å². The highest BCUT2D eigenvalue weighted by molar-refractivity contribution is 6.30. The average Bonchev–Trinajstić information content (AvgIpc) is 2.81. The Kier molecular flexibility index (Phi) is 7.69. The van der Waals surface area contributed by atoms with Gasteiger partial charge in [-0.05, 0) is 63.1 Å². The third-order valence-electron chi connectivity index (χ3n) is 5.65. The van der Waals surface area contributed by atoms with Gasteiger partial charge < -0.3 is 14.5 Å². The summed E-state index contributed by atoms with van der Waals surface area (Å²) in [6, 6.07) is 10.6. The number of piperidine rings is 1. The van der Waals surface area contributed by atoms with Gasteiger partial charge in [-0.25, -0.2) is 0 Å². The van der Waals surface area contributed by atoms with Gasteiger partial charge in [0.25, 0.3) is 5.91 Å². The van der Waals surface area contributed by atoms with Crippen LogP contribution in [0.25, 0.3) is 0 Å². The van der Waals surface area contributed by atoms with Gasteiger partial charge in [0.1, 0.15) is 5.75 Å². The van der Waals surface area contributed by atoms with Crippen molar-refractivity contribution in [3.8, 4) is 11.5 Å². The summed E-state index contributed by atoms with van der Waals surface area (Å²) in [5.41, 5.74) is 0.260. The van der Waals surface area contributed by atoms with Crippen molar-refractivity contribution in [2.45, 2.75) is 26.7 Å². The number of carbonyl (C=O) groups excluding carboxylic acids is 2. The highest BCUT2D eigenvalue weighted by atomic mass is 35.5. The number of halogens is 1. The first kappa shape index (κ1) is 23.5. The number of nitro groups is 1. The van der Waals surface area contributed by atoms with Crippen LogP contribution in [0.1, 0.15) is 37.0 Å². The Morgan fingerprint density at radius 1 is 1.12 bits per heavy atom. The Morgan fingerprint density at radius 2 is 1.75 bits per heavy atom. The molecule has 0 bridgehead atoms. The number of hydrogen-bond acceptors (Lipinski definition) is 5. The molecule has 8 nitrogen and oxygen atoms in total. The molecule has 170 valence electrons. The summed E-state index contributed by atoms with van der Waals surface area (Å²) in [5, 5.41) is 11.5. The van der Waals surface area contributed by atoms with E-state index < -0.39 is 4.92 Å². The molecule has 0 spiro atoms. The lowest BCUT2D eigenvalue weighted by Gasteiger charge is -2.33. The number of benzene rings is 2. The van der Waals surface area contributed by atoms with Crippen molar-refractivity contribution in [1.82, 2.24) is 9.80 Å². The van der Waals surface area contributed by atoms with Crippen molar-refractivity contribution in [2.24, 2.45) is 5.92 Å². The van der Waals surface area contributed by atoms with Gasteiger partial charge in [-0.1, -0.05) is 11.6 Å². The van der Waals surface area contributed by atoms with Crippen LogP contribution in [0.4, 0.5) is 5.69 Å². The fourth-order valence-corrected chi connectivity index (χ4v) is 3.98. The molecule has 9 heteroatoms. The summed E-state index contributed by atoms with van der Waals surface area (Å²) in [7, 11) is 0.